The van der Waals surface area contributed by atoms with Gasteiger partial charge in [-0.2, -0.15) is 0 Å². The first kappa shape index (κ1) is 15.9. The molecule has 0 saturated carbocycles. The lowest BCUT2D eigenvalue weighted by molar-refractivity contribution is 0.377. The average Bonchev–Trinajstić information content (AvgIpc) is 2.31. The Morgan fingerprint density at radius 2 is 1.06 bits per heavy atom. The van der Waals surface area contributed by atoms with Gasteiger partial charge in [-0.1, -0.05) is 53.4 Å². The van der Waals surface area contributed by atoms with Gasteiger partial charge in [-0.15, -0.1) is 0 Å². The van der Waals surface area contributed by atoms with Crippen LogP contribution in [0.25, 0.3) is 0 Å². The minimum absolute atomic E-state index is 0.379. The van der Waals surface area contributed by atoms with Crippen LogP contribution in [0, 0.1) is 11.8 Å². The Bertz CT molecular complexity index is 141. The van der Waals surface area contributed by atoms with Crippen LogP contribution in [0.2, 0.25) is 0 Å². The maximum atomic E-state index is 6.10. The molecule has 0 rings (SSSR count). The highest BCUT2D eigenvalue weighted by atomic mass is 14.6. The fraction of sp³-hybridized carbons (Fsp3) is 1.00. The van der Waals surface area contributed by atoms with Gasteiger partial charge in [-0.25, -0.2) is 0 Å². The fourth-order valence-electron chi connectivity index (χ4n) is 1.93. The molecule has 4 N–H and O–H groups in total. The van der Waals surface area contributed by atoms with Crippen LogP contribution in [0.1, 0.15) is 66.2 Å². The molecule has 0 heterocycles. The third-order valence-electron chi connectivity index (χ3n) is 4.07. The van der Waals surface area contributed by atoms with Gasteiger partial charge in [0, 0.05) is 12.1 Å². The van der Waals surface area contributed by atoms with E-state index in [0.29, 0.717) is 23.9 Å². The molecule has 2 heteroatoms. The van der Waals surface area contributed by atoms with Crippen LogP contribution in [0.4, 0.5) is 0 Å². The van der Waals surface area contributed by atoms with E-state index < -0.39 is 0 Å². The first-order valence-corrected chi connectivity index (χ1v) is 7.04. The van der Waals surface area contributed by atoms with Crippen molar-refractivity contribution in [3.05, 3.63) is 0 Å². The van der Waals surface area contributed by atoms with E-state index in [2.05, 4.69) is 27.7 Å². The van der Waals surface area contributed by atoms with Crippen molar-refractivity contribution < 1.29 is 0 Å². The second kappa shape index (κ2) is 9.00. The van der Waals surface area contributed by atoms with Gasteiger partial charge in [0.05, 0.1) is 0 Å². The number of hydrogen-bond acceptors (Lipinski definition) is 2. The smallest absolute Gasteiger partial charge is 0.00644 e. The molecule has 4 unspecified atom stereocenters. The summed E-state index contributed by atoms with van der Waals surface area (Å²) in [4.78, 5) is 0. The van der Waals surface area contributed by atoms with E-state index in [1.807, 2.05) is 0 Å². The highest BCUT2D eigenvalue weighted by Crippen LogP contribution is 2.15. The molecule has 0 aliphatic rings. The minimum Gasteiger partial charge on any atom is -0.327 e. The van der Waals surface area contributed by atoms with Crippen molar-refractivity contribution in [2.45, 2.75) is 78.3 Å². The van der Waals surface area contributed by atoms with Crippen molar-refractivity contribution in [3.8, 4) is 0 Å². The molecule has 4 atom stereocenters. The van der Waals surface area contributed by atoms with Crippen LogP contribution in [-0.2, 0) is 0 Å². The van der Waals surface area contributed by atoms with E-state index in [-0.39, 0.29) is 0 Å². The lowest BCUT2D eigenvalue weighted by atomic mass is 9.92. The predicted molar refractivity (Wildman–Crippen MR) is 73.3 cm³/mol. The lowest BCUT2D eigenvalue weighted by Gasteiger charge is -2.20. The van der Waals surface area contributed by atoms with Crippen LogP contribution in [-0.4, -0.2) is 12.1 Å². The van der Waals surface area contributed by atoms with Crippen molar-refractivity contribution in [2.24, 2.45) is 23.3 Å². The molecular weight excluding hydrogens is 196 g/mol. The van der Waals surface area contributed by atoms with Crippen LogP contribution >= 0.6 is 0 Å². The third-order valence-corrected chi connectivity index (χ3v) is 4.07. The second-order valence-electron chi connectivity index (χ2n) is 5.38. The SMILES string of the molecule is CCC(C)C(N)CCCCC(N)C(C)CC. The van der Waals surface area contributed by atoms with Crippen molar-refractivity contribution in [3.63, 3.8) is 0 Å². The Labute approximate surface area is 102 Å². The maximum absolute atomic E-state index is 6.10. The van der Waals surface area contributed by atoms with Gasteiger partial charge in [0.25, 0.3) is 0 Å². The van der Waals surface area contributed by atoms with Crippen LogP contribution < -0.4 is 11.5 Å². The van der Waals surface area contributed by atoms with E-state index in [1.54, 1.807) is 0 Å². The average molecular weight is 228 g/mol. The first-order chi connectivity index (χ1) is 7.52. The van der Waals surface area contributed by atoms with Gasteiger partial charge in [0.1, 0.15) is 0 Å². The molecule has 0 bridgehead atoms. The van der Waals surface area contributed by atoms with Crippen LogP contribution in [0.3, 0.4) is 0 Å². The maximum Gasteiger partial charge on any atom is 0.00644 e. The monoisotopic (exact) mass is 228 g/mol. The molecular formula is C14H32N2. The molecule has 0 aromatic heterocycles. The van der Waals surface area contributed by atoms with Crippen molar-refractivity contribution in [2.75, 3.05) is 0 Å². The van der Waals surface area contributed by atoms with E-state index >= 15 is 0 Å². The minimum atomic E-state index is 0.379. The quantitative estimate of drug-likeness (QED) is 0.595. The Morgan fingerprint density at radius 1 is 0.750 bits per heavy atom. The zero-order valence-corrected chi connectivity index (χ0v) is 11.7. The second-order valence-corrected chi connectivity index (χ2v) is 5.38. The summed E-state index contributed by atoms with van der Waals surface area (Å²) in [5.74, 6) is 1.31. The van der Waals surface area contributed by atoms with Gasteiger partial charge in [-0.3, -0.25) is 0 Å². The highest BCUT2D eigenvalue weighted by molar-refractivity contribution is 4.71. The summed E-state index contributed by atoms with van der Waals surface area (Å²) >= 11 is 0. The number of hydrogen-bond donors (Lipinski definition) is 2. The zero-order valence-electron chi connectivity index (χ0n) is 11.7. The Balaban J connectivity index is 3.52. The third kappa shape index (κ3) is 6.49. The number of unbranched alkanes of at least 4 members (excludes halogenated alkanes) is 1. The van der Waals surface area contributed by atoms with Crippen molar-refractivity contribution in [1.82, 2.24) is 0 Å². The first-order valence-electron chi connectivity index (χ1n) is 7.04. The summed E-state index contributed by atoms with van der Waals surface area (Å²) in [6, 6.07) is 0.759. The molecule has 0 spiro atoms. The van der Waals surface area contributed by atoms with E-state index in [9.17, 15) is 0 Å². The molecule has 0 saturated heterocycles. The van der Waals surface area contributed by atoms with Gasteiger partial charge < -0.3 is 11.5 Å². The van der Waals surface area contributed by atoms with E-state index in [0.717, 1.165) is 12.8 Å². The number of nitrogens with two attached hydrogens (primary N) is 2. The van der Waals surface area contributed by atoms with E-state index in [4.69, 9.17) is 11.5 Å². The van der Waals surface area contributed by atoms with Gasteiger partial charge in [0.15, 0.2) is 0 Å². The van der Waals surface area contributed by atoms with Crippen molar-refractivity contribution >= 4 is 0 Å². The molecule has 0 aromatic rings. The zero-order chi connectivity index (χ0) is 12.6. The summed E-state index contributed by atoms with van der Waals surface area (Å²) in [5, 5.41) is 0. The van der Waals surface area contributed by atoms with Gasteiger partial charge in [0.2, 0.25) is 0 Å². The standard InChI is InChI=1S/C14H32N2/c1-5-11(3)13(15)9-7-8-10-14(16)12(4)6-2/h11-14H,5-10,15-16H2,1-4H3. The Kier molecular flexibility index (Phi) is 8.96. The molecule has 0 fully saturated rings. The molecule has 0 radical (unpaired) electrons. The Hall–Kier alpha value is -0.0800. The molecule has 0 aliphatic carbocycles. The normalized spacial score (nSPS) is 19.1. The molecule has 98 valence electrons. The summed E-state index contributed by atoms with van der Waals surface area (Å²) in [7, 11) is 0. The van der Waals surface area contributed by atoms with Gasteiger partial charge in [-0.05, 0) is 24.7 Å². The molecule has 0 aromatic carbocycles. The van der Waals surface area contributed by atoms with Crippen molar-refractivity contribution in [1.29, 1.82) is 0 Å². The number of rotatable bonds is 9. The summed E-state index contributed by atoms with van der Waals surface area (Å²) < 4.78 is 0. The summed E-state index contributed by atoms with van der Waals surface area (Å²) in [6.45, 7) is 8.91. The predicted octanol–water partition coefficient (Wildman–Crippen LogP) is 3.29. The summed E-state index contributed by atoms with van der Waals surface area (Å²) in [5.41, 5.74) is 12.2. The largest absolute Gasteiger partial charge is 0.327 e. The fourth-order valence-corrected chi connectivity index (χ4v) is 1.93. The van der Waals surface area contributed by atoms with Crippen LogP contribution in [0.5, 0.6) is 0 Å². The topological polar surface area (TPSA) is 52.0 Å². The van der Waals surface area contributed by atoms with E-state index in [1.165, 1.54) is 25.7 Å². The highest BCUT2D eigenvalue weighted by Gasteiger charge is 2.12. The van der Waals surface area contributed by atoms with Crippen LogP contribution in [0.15, 0.2) is 0 Å². The summed E-state index contributed by atoms with van der Waals surface area (Å²) in [6.07, 6.45) is 7.15. The molecule has 16 heavy (non-hydrogen) atoms. The molecule has 0 aliphatic heterocycles. The Morgan fingerprint density at radius 3 is 1.31 bits per heavy atom. The molecule has 2 nitrogen and oxygen atoms in total. The molecule has 0 amide bonds. The lowest BCUT2D eigenvalue weighted by Crippen LogP contribution is -2.29. The van der Waals surface area contributed by atoms with Gasteiger partial charge >= 0.3 is 0 Å².